The molecule has 0 aliphatic carbocycles. The summed E-state index contributed by atoms with van der Waals surface area (Å²) in [5.41, 5.74) is 0. The number of carboxylic acids is 3. The number of nitrogens with zero attached hydrogens (tertiary/aromatic N) is 3. The molecule has 0 spiro atoms. The van der Waals surface area contributed by atoms with E-state index in [0.29, 0.717) is 6.42 Å². The molecule has 0 rings (SSSR count). The van der Waals surface area contributed by atoms with E-state index >= 15 is 0 Å². The molecule has 0 saturated heterocycles. The first-order valence-electron chi connectivity index (χ1n) is 9.31. The molecular formula is C17H31N5O8. The van der Waals surface area contributed by atoms with Crippen molar-refractivity contribution in [3.05, 3.63) is 0 Å². The standard InChI is InChI=1S/C17H31N5O8/c1-18-13(23)8-21(11-16(27)28)5-3-4-20(10-15(25)26)6-7-22(12-17(29)30)9-14(24)19-2/h3-12H2,1-2H3,(H,18,23)(H,19,24)(H,25,26)(H,27,28)(H,29,30). The van der Waals surface area contributed by atoms with Crippen LogP contribution in [0.3, 0.4) is 0 Å². The lowest BCUT2D eigenvalue weighted by atomic mass is 10.3. The second kappa shape index (κ2) is 15.1. The maximum atomic E-state index is 11.5. The summed E-state index contributed by atoms with van der Waals surface area (Å²) >= 11 is 0. The number of amides is 2. The van der Waals surface area contributed by atoms with E-state index in [0.717, 1.165) is 0 Å². The molecule has 0 aromatic heterocycles. The molecular weight excluding hydrogens is 402 g/mol. The molecule has 0 fully saturated rings. The van der Waals surface area contributed by atoms with Crippen molar-refractivity contribution in [2.45, 2.75) is 6.42 Å². The normalized spacial score (nSPS) is 11.0. The number of nitrogens with one attached hydrogen (secondary N) is 2. The summed E-state index contributed by atoms with van der Waals surface area (Å²) in [6.07, 6.45) is 0.395. The molecule has 172 valence electrons. The highest BCUT2D eigenvalue weighted by atomic mass is 16.4. The fraction of sp³-hybridized carbons (Fsp3) is 0.706. The Kier molecular flexibility index (Phi) is 13.7. The lowest BCUT2D eigenvalue weighted by Gasteiger charge is -2.26. The van der Waals surface area contributed by atoms with Crippen molar-refractivity contribution < 1.29 is 39.3 Å². The number of carboxylic acid groups (broad SMARTS) is 3. The minimum absolute atomic E-state index is 0.0970. The summed E-state index contributed by atoms with van der Waals surface area (Å²) in [4.78, 5) is 60.5. The van der Waals surface area contributed by atoms with Crippen LogP contribution in [0.15, 0.2) is 0 Å². The lowest BCUT2D eigenvalue weighted by molar-refractivity contribution is -0.140. The van der Waals surface area contributed by atoms with Crippen molar-refractivity contribution in [3.8, 4) is 0 Å². The average molecular weight is 433 g/mol. The molecule has 0 heterocycles. The van der Waals surface area contributed by atoms with Crippen molar-refractivity contribution in [1.29, 1.82) is 0 Å². The van der Waals surface area contributed by atoms with Gasteiger partial charge in [0.05, 0.1) is 32.7 Å². The molecule has 0 aliphatic heterocycles. The SMILES string of the molecule is CNC(=O)CN(CCCN(CCN(CC(=O)O)CC(=O)NC)CC(=O)O)CC(=O)O. The molecule has 13 nitrogen and oxygen atoms in total. The number of carbonyl (C=O) groups excluding carboxylic acids is 2. The van der Waals surface area contributed by atoms with Crippen LogP contribution in [0, 0.1) is 0 Å². The Morgan fingerprint density at radius 3 is 1.30 bits per heavy atom. The largest absolute Gasteiger partial charge is 0.480 e. The lowest BCUT2D eigenvalue weighted by Crippen LogP contribution is -2.44. The first-order valence-corrected chi connectivity index (χ1v) is 9.31. The van der Waals surface area contributed by atoms with E-state index in [-0.39, 0.29) is 70.7 Å². The number of hydrogen-bond acceptors (Lipinski definition) is 8. The van der Waals surface area contributed by atoms with Gasteiger partial charge in [-0.2, -0.15) is 0 Å². The Morgan fingerprint density at radius 1 is 0.567 bits per heavy atom. The number of likely N-dealkylation sites (N-methyl/N-ethyl adjacent to an activating group) is 2. The van der Waals surface area contributed by atoms with Crippen molar-refractivity contribution in [2.75, 3.05) is 73.0 Å². The number of hydrogen-bond donors (Lipinski definition) is 5. The van der Waals surface area contributed by atoms with Gasteiger partial charge in [0, 0.05) is 40.3 Å². The van der Waals surface area contributed by atoms with E-state index in [1.54, 1.807) is 4.90 Å². The molecule has 0 aromatic rings. The molecule has 0 atom stereocenters. The predicted octanol–water partition coefficient (Wildman–Crippen LogP) is -2.97. The maximum absolute atomic E-state index is 11.5. The summed E-state index contributed by atoms with van der Waals surface area (Å²) in [6, 6.07) is 0. The first kappa shape index (κ1) is 27.2. The van der Waals surface area contributed by atoms with Crippen LogP contribution < -0.4 is 10.6 Å². The quantitative estimate of drug-likeness (QED) is 0.158. The molecule has 30 heavy (non-hydrogen) atoms. The fourth-order valence-corrected chi connectivity index (χ4v) is 2.64. The topological polar surface area (TPSA) is 180 Å². The zero-order valence-electron chi connectivity index (χ0n) is 17.3. The van der Waals surface area contributed by atoms with Crippen molar-refractivity contribution in [2.24, 2.45) is 0 Å². The van der Waals surface area contributed by atoms with E-state index in [9.17, 15) is 24.0 Å². The van der Waals surface area contributed by atoms with Gasteiger partial charge in [-0.3, -0.25) is 38.7 Å². The van der Waals surface area contributed by atoms with E-state index < -0.39 is 17.9 Å². The van der Waals surface area contributed by atoms with Crippen LogP contribution in [0.5, 0.6) is 0 Å². The molecule has 5 N–H and O–H groups in total. The molecule has 0 bridgehead atoms. The van der Waals surface area contributed by atoms with E-state index in [2.05, 4.69) is 10.6 Å². The number of carbonyl (C=O) groups is 5. The highest BCUT2D eigenvalue weighted by Crippen LogP contribution is 1.99. The van der Waals surface area contributed by atoms with Crippen LogP contribution in [-0.4, -0.2) is 133 Å². The van der Waals surface area contributed by atoms with Crippen LogP contribution in [0.25, 0.3) is 0 Å². The Balaban J connectivity index is 4.82. The third-order valence-electron chi connectivity index (χ3n) is 4.05. The molecule has 0 aromatic carbocycles. The Labute approximate surface area is 174 Å². The summed E-state index contributed by atoms with van der Waals surface area (Å²) in [6.45, 7) is -0.325. The zero-order chi connectivity index (χ0) is 23.1. The average Bonchev–Trinajstić information content (AvgIpc) is 2.63. The van der Waals surface area contributed by atoms with Gasteiger partial charge in [0.25, 0.3) is 0 Å². The van der Waals surface area contributed by atoms with Gasteiger partial charge in [-0.05, 0) is 6.42 Å². The third-order valence-corrected chi connectivity index (χ3v) is 4.05. The second-order valence-electron chi connectivity index (χ2n) is 6.58. The van der Waals surface area contributed by atoms with Gasteiger partial charge in [-0.25, -0.2) is 0 Å². The van der Waals surface area contributed by atoms with E-state index in [1.807, 2.05) is 0 Å². The maximum Gasteiger partial charge on any atom is 0.317 e. The van der Waals surface area contributed by atoms with Crippen molar-refractivity contribution >= 4 is 29.7 Å². The predicted molar refractivity (Wildman–Crippen MR) is 105 cm³/mol. The zero-order valence-corrected chi connectivity index (χ0v) is 17.3. The Morgan fingerprint density at radius 2 is 0.900 bits per heavy atom. The molecule has 0 unspecified atom stereocenters. The molecule has 0 aliphatic rings. The van der Waals surface area contributed by atoms with Crippen LogP contribution >= 0.6 is 0 Å². The van der Waals surface area contributed by atoms with Crippen LogP contribution in [0.2, 0.25) is 0 Å². The molecule has 0 saturated carbocycles. The second-order valence-corrected chi connectivity index (χ2v) is 6.58. The van der Waals surface area contributed by atoms with Gasteiger partial charge in [0.15, 0.2) is 0 Å². The van der Waals surface area contributed by atoms with Crippen LogP contribution in [0.1, 0.15) is 6.42 Å². The van der Waals surface area contributed by atoms with Gasteiger partial charge < -0.3 is 26.0 Å². The summed E-state index contributed by atoms with van der Waals surface area (Å²) < 4.78 is 0. The van der Waals surface area contributed by atoms with Crippen LogP contribution in [0.4, 0.5) is 0 Å². The number of rotatable bonds is 17. The summed E-state index contributed by atoms with van der Waals surface area (Å²) in [5.74, 6) is -3.96. The number of aliphatic carboxylic acids is 3. The molecule has 2 amide bonds. The highest BCUT2D eigenvalue weighted by molar-refractivity contribution is 5.79. The van der Waals surface area contributed by atoms with Gasteiger partial charge in [-0.1, -0.05) is 0 Å². The monoisotopic (exact) mass is 433 g/mol. The smallest absolute Gasteiger partial charge is 0.317 e. The molecule has 0 radical (unpaired) electrons. The van der Waals surface area contributed by atoms with Crippen molar-refractivity contribution in [3.63, 3.8) is 0 Å². The fourth-order valence-electron chi connectivity index (χ4n) is 2.64. The van der Waals surface area contributed by atoms with Gasteiger partial charge >= 0.3 is 17.9 Å². The van der Waals surface area contributed by atoms with Gasteiger partial charge in [-0.15, -0.1) is 0 Å². The van der Waals surface area contributed by atoms with E-state index in [4.69, 9.17) is 15.3 Å². The molecule has 13 heteroatoms. The van der Waals surface area contributed by atoms with E-state index in [1.165, 1.54) is 23.9 Å². The summed E-state index contributed by atoms with van der Waals surface area (Å²) in [7, 11) is 2.87. The van der Waals surface area contributed by atoms with Crippen LogP contribution in [-0.2, 0) is 24.0 Å². The minimum atomic E-state index is -1.11. The minimum Gasteiger partial charge on any atom is -0.480 e. The van der Waals surface area contributed by atoms with Gasteiger partial charge in [0.2, 0.25) is 11.8 Å². The highest BCUT2D eigenvalue weighted by Gasteiger charge is 2.18. The first-order chi connectivity index (χ1) is 14.1. The Hall–Kier alpha value is -2.77. The van der Waals surface area contributed by atoms with Gasteiger partial charge in [0.1, 0.15) is 0 Å². The third kappa shape index (κ3) is 14.3. The Bertz CT molecular complexity index is 601. The van der Waals surface area contributed by atoms with Crippen molar-refractivity contribution in [1.82, 2.24) is 25.3 Å². The summed E-state index contributed by atoms with van der Waals surface area (Å²) in [5, 5.41) is 31.9.